The number of anilines is 1. The highest BCUT2D eigenvalue weighted by atomic mass is 15.4. The summed E-state index contributed by atoms with van der Waals surface area (Å²) in [5, 5.41) is 4.93. The van der Waals surface area contributed by atoms with Gasteiger partial charge in [0.2, 0.25) is 0 Å². The van der Waals surface area contributed by atoms with E-state index in [0.717, 1.165) is 65.7 Å². The van der Waals surface area contributed by atoms with E-state index in [1.807, 2.05) is 10.6 Å². The van der Waals surface area contributed by atoms with E-state index in [1.165, 1.54) is 5.56 Å². The van der Waals surface area contributed by atoms with E-state index >= 15 is 0 Å². The molecule has 0 aliphatic carbocycles. The lowest BCUT2D eigenvalue weighted by Crippen LogP contribution is -2.45. The zero-order valence-corrected chi connectivity index (χ0v) is 17.8. The monoisotopic (exact) mass is 397 g/mol. The maximum atomic E-state index is 5.11. The Labute approximate surface area is 177 Å². The molecule has 5 heteroatoms. The first kappa shape index (κ1) is 18.8. The van der Waals surface area contributed by atoms with Crippen LogP contribution >= 0.6 is 0 Å². The summed E-state index contributed by atoms with van der Waals surface area (Å²) in [4.78, 5) is 9.92. The van der Waals surface area contributed by atoms with Crippen LogP contribution in [0.25, 0.3) is 28.0 Å². The number of piperazine rings is 1. The summed E-state index contributed by atoms with van der Waals surface area (Å²) < 4.78 is 2.04. The Kier molecular flexibility index (Phi) is 4.75. The van der Waals surface area contributed by atoms with Gasteiger partial charge in [0.05, 0.1) is 11.4 Å². The van der Waals surface area contributed by atoms with Gasteiger partial charge in [-0.05, 0) is 26.5 Å². The van der Waals surface area contributed by atoms with Crippen molar-refractivity contribution in [1.29, 1.82) is 0 Å². The number of fused-ring (bicyclic) bond motifs is 1. The van der Waals surface area contributed by atoms with Crippen molar-refractivity contribution < 1.29 is 0 Å². The largest absolute Gasteiger partial charge is 0.354 e. The Morgan fingerprint density at radius 2 is 1.50 bits per heavy atom. The van der Waals surface area contributed by atoms with Gasteiger partial charge in [0.1, 0.15) is 5.82 Å². The Bertz CT molecular complexity index is 1170. The van der Waals surface area contributed by atoms with Crippen molar-refractivity contribution in [1.82, 2.24) is 19.5 Å². The minimum atomic E-state index is 0.922. The average molecular weight is 398 g/mol. The molecule has 1 saturated heterocycles. The standard InChI is InChI=1S/C25H27N5/c1-18-9-11-20(12-10-18)22-17-23(29-15-13-28(3)14-16-29)30-25(26-22)24(19(2)27-30)21-7-5-4-6-8-21/h4-12,17H,13-16H2,1-3H3. The van der Waals surface area contributed by atoms with E-state index in [0.29, 0.717) is 0 Å². The van der Waals surface area contributed by atoms with Gasteiger partial charge in [-0.2, -0.15) is 9.61 Å². The van der Waals surface area contributed by atoms with Gasteiger partial charge in [-0.15, -0.1) is 0 Å². The molecular weight excluding hydrogens is 370 g/mol. The van der Waals surface area contributed by atoms with Gasteiger partial charge in [-0.3, -0.25) is 0 Å². The number of hydrogen-bond acceptors (Lipinski definition) is 4. The third kappa shape index (κ3) is 3.35. The molecule has 5 rings (SSSR count). The molecule has 2 aromatic carbocycles. The molecule has 1 aliphatic heterocycles. The van der Waals surface area contributed by atoms with Gasteiger partial charge in [0.25, 0.3) is 0 Å². The van der Waals surface area contributed by atoms with Crippen LogP contribution < -0.4 is 4.90 Å². The van der Waals surface area contributed by atoms with Crippen molar-refractivity contribution in [2.24, 2.45) is 0 Å². The molecule has 0 saturated carbocycles. The maximum Gasteiger partial charge on any atom is 0.166 e. The average Bonchev–Trinajstić information content (AvgIpc) is 3.10. The van der Waals surface area contributed by atoms with Crippen LogP contribution in [0.3, 0.4) is 0 Å². The first-order valence-electron chi connectivity index (χ1n) is 10.6. The quantitative estimate of drug-likeness (QED) is 0.512. The van der Waals surface area contributed by atoms with Gasteiger partial charge in [0, 0.05) is 43.4 Å². The van der Waals surface area contributed by atoms with Crippen molar-refractivity contribution >= 4 is 11.5 Å². The molecule has 0 unspecified atom stereocenters. The highest BCUT2D eigenvalue weighted by molar-refractivity contribution is 5.82. The number of rotatable bonds is 3. The summed E-state index contributed by atoms with van der Waals surface area (Å²) in [5.41, 5.74) is 7.58. The maximum absolute atomic E-state index is 5.11. The first-order chi connectivity index (χ1) is 14.6. The molecule has 0 bridgehead atoms. The van der Waals surface area contributed by atoms with Gasteiger partial charge < -0.3 is 9.80 Å². The molecule has 2 aromatic heterocycles. The lowest BCUT2D eigenvalue weighted by molar-refractivity contribution is 0.311. The third-order valence-corrected chi connectivity index (χ3v) is 5.98. The van der Waals surface area contributed by atoms with Crippen LogP contribution in [0.15, 0.2) is 60.7 Å². The molecule has 5 nitrogen and oxygen atoms in total. The first-order valence-corrected chi connectivity index (χ1v) is 10.6. The van der Waals surface area contributed by atoms with Crippen LogP contribution in [0.2, 0.25) is 0 Å². The fourth-order valence-electron chi connectivity index (χ4n) is 4.18. The lowest BCUT2D eigenvalue weighted by Gasteiger charge is -2.34. The number of hydrogen-bond donors (Lipinski definition) is 0. The Morgan fingerprint density at radius 3 is 2.20 bits per heavy atom. The molecule has 3 heterocycles. The summed E-state index contributed by atoms with van der Waals surface area (Å²) in [5.74, 6) is 1.12. The molecule has 0 radical (unpaired) electrons. The number of nitrogens with zero attached hydrogens (tertiary/aromatic N) is 5. The lowest BCUT2D eigenvalue weighted by atomic mass is 10.1. The summed E-state index contributed by atoms with van der Waals surface area (Å²) in [6.07, 6.45) is 0. The van der Waals surface area contributed by atoms with Crippen LogP contribution in [-0.4, -0.2) is 52.7 Å². The minimum Gasteiger partial charge on any atom is -0.354 e. The predicted octanol–water partition coefficient (Wildman–Crippen LogP) is 4.43. The van der Waals surface area contributed by atoms with Crippen LogP contribution in [0.1, 0.15) is 11.3 Å². The highest BCUT2D eigenvalue weighted by Crippen LogP contribution is 2.32. The second kappa shape index (κ2) is 7.58. The van der Waals surface area contributed by atoms with Crippen molar-refractivity contribution in [3.8, 4) is 22.4 Å². The Balaban J connectivity index is 1.74. The summed E-state index contributed by atoms with van der Waals surface area (Å²) in [6, 6.07) is 21.3. The third-order valence-electron chi connectivity index (χ3n) is 5.98. The second-order valence-electron chi connectivity index (χ2n) is 8.22. The molecule has 4 aromatic rings. The number of likely N-dealkylation sites (N-methyl/N-ethyl adjacent to an activating group) is 1. The minimum absolute atomic E-state index is 0.922. The van der Waals surface area contributed by atoms with Crippen LogP contribution in [0.5, 0.6) is 0 Å². The van der Waals surface area contributed by atoms with Crippen LogP contribution in [-0.2, 0) is 0 Å². The molecule has 0 spiro atoms. The Hall–Kier alpha value is -3.18. The van der Waals surface area contributed by atoms with Gasteiger partial charge in [-0.1, -0.05) is 60.2 Å². The molecule has 1 aliphatic rings. The number of benzene rings is 2. The predicted molar refractivity (Wildman–Crippen MR) is 123 cm³/mol. The summed E-state index contributed by atoms with van der Waals surface area (Å²) >= 11 is 0. The molecule has 1 fully saturated rings. The van der Waals surface area contributed by atoms with E-state index in [2.05, 4.69) is 85.3 Å². The van der Waals surface area contributed by atoms with Crippen molar-refractivity contribution in [3.63, 3.8) is 0 Å². The van der Waals surface area contributed by atoms with E-state index in [1.54, 1.807) is 0 Å². The van der Waals surface area contributed by atoms with E-state index < -0.39 is 0 Å². The highest BCUT2D eigenvalue weighted by Gasteiger charge is 2.22. The second-order valence-corrected chi connectivity index (χ2v) is 8.22. The molecule has 152 valence electrons. The van der Waals surface area contributed by atoms with Gasteiger partial charge >= 0.3 is 0 Å². The fraction of sp³-hybridized carbons (Fsp3) is 0.280. The zero-order valence-electron chi connectivity index (χ0n) is 17.8. The number of aryl methyl sites for hydroxylation is 2. The topological polar surface area (TPSA) is 36.7 Å². The smallest absolute Gasteiger partial charge is 0.166 e. The van der Waals surface area contributed by atoms with E-state index in [4.69, 9.17) is 10.1 Å². The SMILES string of the molecule is Cc1ccc(-c2cc(N3CCN(C)CC3)n3nc(C)c(-c4ccccc4)c3n2)cc1. The van der Waals surface area contributed by atoms with Crippen LogP contribution in [0, 0.1) is 13.8 Å². The summed E-state index contributed by atoms with van der Waals surface area (Å²) in [7, 11) is 2.18. The van der Waals surface area contributed by atoms with Gasteiger partial charge in [0.15, 0.2) is 5.65 Å². The molecule has 0 amide bonds. The van der Waals surface area contributed by atoms with E-state index in [9.17, 15) is 0 Å². The summed E-state index contributed by atoms with van der Waals surface area (Å²) in [6.45, 7) is 8.27. The van der Waals surface area contributed by atoms with Crippen molar-refractivity contribution in [3.05, 3.63) is 71.9 Å². The molecule has 30 heavy (non-hydrogen) atoms. The normalized spacial score (nSPS) is 15.1. The molecular formula is C25H27N5. The zero-order chi connectivity index (χ0) is 20.7. The van der Waals surface area contributed by atoms with Crippen molar-refractivity contribution in [2.45, 2.75) is 13.8 Å². The molecule has 0 atom stereocenters. The molecule has 0 N–H and O–H groups in total. The Morgan fingerprint density at radius 1 is 0.800 bits per heavy atom. The van der Waals surface area contributed by atoms with Crippen molar-refractivity contribution in [2.75, 3.05) is 38.1 Å². The van der Waals surface area contributed by atoms with E-state index in [-0.39, 0.29) is 0 Å². The fourth-order valence-corrected chi connectivity index (χ4v) is 4.18. The van der Waals surface area contributed by atoms with Gasteiger partial charge in [-0.25, -0.2) is 4.98 Å². The number of aromatic nitrogens is 3. The van der Waals surface area contributed by atoms with Crippen LogP contribution in [0.4, 0.5) is 5.82 Å².